The van der Waals surface area contributed by atoms with Crippen LogP contribution in [-0.2, 0) is 19.7 Å². The van der Waals surface area contributed by atoms with E-state index in [-0.39, 0.29) is 5.56 Å². The highest BCUT2D eigenvalue weighted by atomic mass is 19.2. The van der Waals surface area contributed by atoms with Crippen molar-refractivity contribution in [2.75, 3.05) is 0 Å². The van der Waals surface area contributed by atoms with Gasteiger partial charge in [0, 0.05) is 0 Å². The SMILES string of the molecule is Fc1cccc(-c2nc3c([nH]2)CN(Cc2ccc(OCc4ccccc4)cc2)N=C3)c1F. The third kappa shape index (κ3) is 4.23. The third-order valence-electron chi connectivity index (χ3n) is 5.24. The molecule has 1 N–H and O–H groups in total. The van der Waals surface area contributed by atoms with Gasteiger partial charge < -0.3 is 9.72 Å². The lowest BCUT2D eigenvalue weighted by atomic mass is 10.2. The van der Waals surface area contributed by atoms with Gasteiger partial charge in [-0.3, -0.25) is 5.01 Å². The van der Waals surface area contributed by atoms with Crippen LogP contribution in [0.4, 0.5) is 8.78 Å². The van der Waals surface area contributed by atoms with Crippen molar-refractivity contribution in [3.63, 3.8) is 0 Å². The molecule has 3 aromatic carbocycles. The normalized spacial score (nSPS) is 12.6. The molecular weight excluding hydrogens is 410 g/mol. The predicted molar refractivity (Wildman–Crippen MR) is 118 cm³/mol. The van der Waals surface area contributed by atoms with Gasteiger partial charge in [-0.05, 0) is 35.4 Å². The van der Waals surface area contributed by atoms with E-state index in [1.807, 2.05) is 59.6 Å². The van der Waals surface area contributed by atoms with Gasteiger partial charge in [0.2, 0.25) is 0 Å². The number of aromatic amines is 1. The Kier molecular flexibility index (Phi) is 5.37. The zero-order valence-corrected chi connectivity index (χ0v) is 17.1. The van der Waals surface area contributed by atoms with Crippen molar-refractivity contribution in [2.24, 2.45) is 5.10 Å². The van der Waals surface area contributed by atoms with Crippen LogP contribution in [0.25, 0.3) is 11.4 Å². The molecule has 0 saturated heterocycles. The van der Waals surface area contributed by atoms with Crippen LogP contribution in [0, 0.1) is 11.6 Å². The van der Waals surface area contributed by atoms with Crippen LogP contribution in [-0.4, -0.2) is 21.2 Å². The second-order valence-electron chi connectivity index (χ2n) is 7.54. The molecule has 0 bridgehead atoms. The van der Waals surface area contributed by atoms with Crippen molar-refractivity contribution in [3.05, 3.63) is 107 Å². The minimum Gasteiger partial charge on any atom is -0.489 e. The monoisotopic (exact) mass is 430 g/mol. The molecule has 0 spiro atoms. The maximum atomic E-state index is 14.1. The van der Waals surface area contributed by atoms with Gasteiger partial charge in [0.1, 0.15) is 23.9 Å². The molecular formula is C25H20F2N4O. The molecule has 2 heterocycles. The second-order valence-corrected chi connectivity index (χ2v) is 7.54. The number of hydrazone groups is 1. The van der Waals surface area contributed by atoms with Crippen LogP contribution in [0.1, 0.15) is 22.5 Å². The smallest absolute Gasteiger partial charge is 0.169 e. The van der Waals surface area contributed by atoms with Gasteiger partial charge in [0.25, 0.3) is 0 Å². The Bertz CT molecular complexity index is 1250. The predicted octanol–water partition coefficient (Wildman–Crippen LogP) is 5.28. The van der Waals surface area contributed by atoms with E-state index in [2.05, 4.69) is 15.1 Å². The van der Waals surface area contributed by atoms with Crippen molar-refractivity contribution in [1.29, 1.82) is 0 Å². The number of imidazole rings is 1. The number of fused-ring (bicyclic) bond motifs is 1. The van der Waals surface area contributed by atoms with E-state index < -0.39 is 11.6 Å². The van der Waals surface area contributed by atoms with Crippen molar-refractivity contribution >= 4 is 6.21 Å². The topological polar surface area (TPSA) is 53.5 Å². The van der Waals surface area contributed by atoms with E-state index in [1.54, 1.807) is 6.21 Å². The molecule has 1 aromatic heterocycles. The molecule has 5 rings (SSSR count). The number of benzene rings is 3. The molecule has 160 valence electrons. The number of halogens is 2. The number of hydrogen-bond donors (Lipinski definition) is 1. The van der Waals surface area contributed by atoms with Crippen molar-refractivity contribution in [1.82, 2.24) is 15.0 Å². The van der Waals surface area contributed by atoms with Crippen molar-refractivity contribution in [3.8, 4) is 17.1 Å². The van der Waals surface area contributed by atoms with Crippen LogP contribution in [0.3, 0.4) is 0 Å². The first-order valence-corrected chi connectivity index (χ1v) is 10.2. The molecule has 0 fully saturated rings. The van der Waals surface area contributed by atoms with Crippen LogP contribution < -0.4 is 4.74 Å². The van der Waals surface area contributed by atoms with Crippen LogP contribution >= 0.6 is 0 Å². The average Bonchev–Trinajstić information content (AvgIpc) is 3.24. The highest BCUT2D eigenvalue weighted by Crippen LogP contribution is 2.25. The largest absolute Gasteiger partial charge is 0.489 e. The van der Waals surface area contributed by atoms with E-state index in [4.69, 9.17) is 4.74 Å². The second kappa shape index (κ2) is 8.63. The lowest BCUT2D eigenvalue weighted by molar-refractivity contribution is 0.264. The Morgan fingerprint density at radius 2 is 1.72 bits per heavy atom. The van der Waals surface area contributed by atoms with Crippen LogP contribution in [0.5, 0.6) is 5.75 Å². The summed E-state index contributed by atoms with van der Waals surface area (Å²) in [6.07, 6.45) is 1.63. The average molecular weight is 430 g/mol. The molecule has 7 heteroatoms. The quantitative estimate of drug-likeness (QED) is 0.453. The van der Waals surface area contributed by atoms with Gasteiger partial charge >= 0.3 is 0 Å². The van der Waals surface area contributed by atoms with Crippen molar-refractivity contribution in [2.45, 2.75) is 19.7 Å². The summed E-state index contributed by atoms with van der Waals surface area (Å²) in [5.41, 5.74) is 3.73. The number of nitrogens with one attached hydrogen (secondary N) is 1. The number of nitrogens with zero attached hydrogens (tertiary/aromatic N) is 3. The molecule has 0 atom stereocenters. The number of aromatic nitrogens is 2. The number of ether oxygens (including phenoxy) is 1. The Hall–Kier alpha value is -4.00. The van der Waals surface area contributed by atoms with Crippen LogP contribution in [0.15, 0.2) is 77.9 Å². The summed E-state index contributed by atoms with van der Waals surface area (Å²) in [7, 11) is 0. The van der Waals surface area contributed by atoms with Gasteiger partial charge in [-0.2, -0.15) is 5.10 Å². The summed E-state index contributed by atoms with van der Waals surface area (Å²) < 4.78 is 33.5. The minimum absolute atomic E-state index is 0.102. The maximum absolute atomic E-state index is 14.1. The molecule has 5 nitrogen and oxygen atoms in total. The summed E-state index contributed by atoms with van der Waals surface area (Å²) in [6, 6.07) is 22.0. The molecule has 0 aliphatic carbocycles. The van der Waals surface area contributed by atoms with E-state index in [0.717, 1.165) is 28.6 Å². The molecule has 4 aromatic rings. The highest BCUT2D eigenvalue weighted by Gasteiger charge is 2.20. The minimum atomic E-state index is -0.915. The van der Waals surface area contributed by atoms with Gasteiger partial charge in [-0.25, -0.2) is 13.8 Å². The molecule has 1 aliphatic heterocycles. The number of hydrogen-bond acceptors (Lipinski definition) is 4. The zero-order valence-electron chi connectivity index (χ0n) is 17.1. The van der Waals surface area contributed by atoms with Gasteiger partial charge in [-0.1, -0.05) is 48.5 Å². The van der Waals surface area contributed by atoms with E-state index in [9.17, 15) is 8.78 Å². The van der Waals surface area contributed by atoms with E-state index in [1.165, 1.54) is 12.1 Å². The molecule has 0 saturated carbocycles. The molecule has 32 heavy (non-hydrogen) atoms. The van der Waals surface area contributed by atoms with Gasteiger partial charge in [0.05, 0.1) is 30.6 Å². The Balaban J connectivity index is 1.23. The molecule has 0 radical (unpaired) electrons. The fourth-order valence-corrected chi connectivity index (χ4v) is 3.56. The Labute approximate surface area is 184 Å². The highest BCUT2D eigenvalue weighted by molar-refractivity contribution is 5.80. The summed E-state index contributed by atoms with van der Waals surface area (Å²) in [5, 5.41) is 6.32. The third-order valence-corrected chi connectivity index (χ3v) is 5.24. The van der Waals surface area contributed by atoms with Gasteiger partial charge in [0.15, 0.2) is 11.6 Å². The summed E-state index contributed by atoms with van der Waals surface area (Å²) >= 11 is 0. The maximum Gasteiger partial charge on any atom is 0.169 e. The fourth-order valence-electron chi connectivity index (χ4n) is 3.56. The Morgan fingerprint density at radius 3 is 2.53 bits per heavy atom. The van der Waals surface area contributed by atoms with Gasteiger partial charge in [-0.15, -0.1) is 0 Å². The first kappa shape index (κ1) is 19.9. The lowest BCUT2D eigenvalue weighted by Gasteiger charge is -2.21. The standard InChI is InChI=1S/C25H20F2N4O/c26-21-8-4-7-20(24(21)27)25-29-22-13-28-31(15-23(22)30-25)14-17-9-11-19(12-10-17)32-16-18-5-2-1-3-6-18/h1-13H,14-16H2,(H,29,30). The summed E-state index contributed by atoms with van der Waals surface area (Å²) in [6.45, 7) is 1.60. The number of rotatable bonds is 6. The van der Waals surface area contributed by atoms with Crippen LogP contribution in [0.2, 0.25) is 0 Å². The fraction of sp³-hybridized carbons (Fsp3) is 0.120. The summed E-state index contributed by atoms with van der Waals surface area (Å²) in [5.74, 6) is -0.720. The Morgan fingerprint density at radius 1 is 0.906 bits per heavy atom. The van der Waals surface area contributed by atoms with E-state index >= 15 is 0 Å². The molecule has 1 aliphatic rings. The molecule has 0 amide bonds. The van der Waals surface area contributed by atoms with E-state index in [0.29, 0.717) is 31.2 Å². The van der Waals surface area contributed by atoms with Crippen molar-refractivity contribution < 1.29 is 13.5 Å². The zero-order chi connectivity index (χ0) is 21.9. The molecule has 0 unspecified atom stereocenters. The summed E-state index contributed by atoms with van der Waals surface area (Å²) in [4.78, 5) is 7.47. The first-order valence-electron chi connectivity index (χ1n) is 10.2. The lowest BCUT2D eigenvalue weighted by Crippen LogP contribution is -2.21. The first-order chi connectivity index (χ1) is 15.7. The number of H-pyrrole nitrogens is 1.